The standard InChI is InChI=1S/C19H20N4O3/c1-22-17-6-2-5-15(17)16(21-22)12-23(11-14-4-3-9-26-14)19(25)13-7-8-18(24)20-10-13/h3-4,7-10H,2,5-6,11-12H2,1H3,(H,20,24). The van der Waals surface area contributed by atoms with Crippen LogP contribution in [0.4, 0.5) is 0 Å². The Kier molecular flexibility index (Phi) is 4.20. The third-order valence-corrected chi connectivity index (χ3v) is 4.78. The van der Waals surface area contributed by atoms with Crippen LogP contribution in [0.25, 0.3) is 0 Å². The van der Waals surface area contributed by atoms with E-state index in [2.05, 4.69) is 10.1 Å². The summed E-state index contributed by atoms with van der Waals surface area (Å²) in [6.07, 6.45) is 6.20. The molecular weight excluding hydrogens is 332 g/mol. The third-order valence-electron chi connectivity index (χ3n) is 4.78. The van der Waals surface area contributed by atoms with E-state index in [1.54, 1.807) is 23.3 Å². The number of aryl methyl sites for hydroxylation is 1. The fourth-order valence-electron chi connectivity index (χ4n) is 3.52. The van der Waals surface area contributed by atoms with E-state index in [1.165, 1.54) is 23.5 Å². The van der Waals surface area contributed by atoms with Gasteiger partial charge in [0.1, 0.15) is 5.76 Å². The Morgan fingerprint density at radius 1 is 1.31 bits per heavy atom. The first-order valence-corrected chi connectivity index (χ1v) is 8.66. The van der Waals surface area contributed by atoms with Gasteiger partial charge in [0, 0.05) is 25.0 Å². The molecule has 0 aliphatic heterocycles. The lowest BCUT2D eigenvalue weighted by Gasteiger charge is -2.21. The van der Waals surface area contributed by atoms with Crippen LogP contribution in [0.1, 0.15) is 39.5 Å². The average molecular weight is 352 g/mol. The maximum absolute atomic E-state index is 13.0. The summed E-state index contributed by atoms with van der Waals surface area (Å²) in [5.74, 6) is 0.533. The molecule has 1 aliphatic rings. The molecule has 3 aromatic heterocycles. The summed E-state index contributed by atoms with van der Waals surface area (Å²) >= 11 is 0. The minimum atomic E-state index is -0.235. The van der Waals surface area contributed by atoms with Gasteiger partial charge in [-0.2, -0.15) is 5.10 Å². The number of hydrogen-bond donors (Lipinski definition) is 1. The number of carbonyl (C=O) groups is 1. The molecular formula is C19H20N4O3. The van der Waals surface area contributed by atoms with Gasteiger partial charge in [0.15, 0.2) is 0 Å². The van der Waals surface area contributed by atoms with Crippen molar-refractivity contribution in [1.29, 1.82) is 0 Å². The van der Waals surface area contributed by atoms with E-state index in [0.29, 0.717) is 24.4 Å². The Balaban J connectivity index is 1.64. The molecule has 1 aliphatic carbocycles. The van der Waals surface area contributed by atoms with Gasteiger partial charge in [-0.3, -0.25) is 14.3 Å². The number of rotatable bonds is 5. The van der Waals surface area contributed by atoms with Gasteiger partial charge in [0.05, 0.1) is 30.6 Å². The number of carbonyl (C=O) groups excluding carboxylic acids is 1. The van der Waals surface area contributed by atoms with Crippen LogP contribution in [-0.4, -0.2) is 25.6 Å². The second-order valence-corrected chi connectivity index (χ2v) is 6.53. The first-order chi connectivity index (χ1) is 12.6. The molecule has 0 fully saturated rings. The normalized spacial score (nSPS) is 13.0. The molecule has 0 atom stereocenters. The molecule has 1 N–H and O–H groups in total. The zero-order chi connectivity index (χ0) is 18.1. The second-order valence-electron chi connectivity index (χ2n) is 6.53. The number of fused-ring (bicyclic) bond motifs is 1. The number of nitrogens with one attached hydrogen (secondary N) is 1. The summed E-state index contributed by atoms with van der Waals surface area (Å²) in [4.78, 5) is 28.6. The Morgan fingerprint density at radius 2 is 2.19 bits per heavy atom. The van der Waals surface area contributed by atoms with E-state index in [4.69, 9.17) is 4.42 Å². The van der Waals surface area contributed by atoms with Gasteiger partial charge >= 0.3 is 0 Å². The van der Waals surface area contributed by atoms with Crippen LogP contribution in [-0.2, 0) is 33.0 Å². The fourth-order valence-corrected chi connectivity index (χ4v) is 3.52. The van der Waals surface area contributed by atoms with Crippen molar-refractivity contribution in [2.75, 3.05) is 0 Å². The molecule has 0 bridgehead atoms. The van der Waals surface area contributed by atoms with E-state index in [0.717, 1.165) is 25.0 Å². The molecule has 1 amide bonds. The van der Waals surface area contributed by atoms with Crippen LogP contribution in [0.15, 0.2) is 45.9 Å². The zero-order valence-corrected chi connectivity index (χ0v) is 14.6. The predicted octanol–water partition coefficient (Wildman–Crippen LogP) is 2.03. The summed E-state index contributed by atoms with van der Waals surface area (Å²) in [7, 11) is 1.95. The molecule has 0 saturated carbocycles. The Morgan fingerprint density at radius 3 is 2.92 bits per heavy atom. The maximum Gasteiger partial charge on any atom is 0.256 e. The molecule has 0 aromatic carbocycles. The average Bonchev–Trinajstić information content (AvgIpc) is 3.36. The SMILES string of the molecule is Cn1nc(CN(Cc2ccco2)C(=O)c2ccc(=O)[nH]c2)c2c1CCC2. The summed E-state index contributed by atoms with van der Waals surface area (Å²) in [5.41, 5.74) is 3.65. The number of nitrogens with zero attached hydrogens (tertiary/aromatic N) is 3. The van der Waals surface area contributed by atoms with Gasteiger partial charge < -0.3 is 14.3 Å². The van der Waals surface area contributed by atoms with E-state index in [1.807, 2.05) is 17.8 Å². The van der Waals surface area contributed by atoms with Crippen molar-refractivity contribution in [3.05, 3.63) is 75.4 Å². The fraction of sp³-hybridized carbons (Fsp3) is 0.316. The number of H-pyrrole nitrogens is 1. The monoisotopic (exact) mass is 352 g/mol. The molecule has 134 valence electrons. The highest BCUT2D eigenvalue weighted by Gasteiger charge is 2.25. The van der Waals surface area contributed by atoms with E-state index < -0.39 is 0 Å². The largest absolute Gasteiger partial charge is 0.467 e. The molecule has 0 unspecified atom stereocenters. The van der Waals surface area contributed by atoms with Crippen molar-refractivity contribution in [2.45, 2.75) is 32.4 Å². The van der Waals surface area contributed by atoms with Crippen LogP contribution in [0.3, 0.4) is 0 Å². The van der Waals surface area contributed by atoms with Gasteiger partial charge in [-0.25, -0.2) is 0 Å². The van der Waals surface area contributed by atoms with Crippen LogP contribution in [0.2, 0.25) is 0 Å². The van der Waals surface area contributed by atoms with Crippen LogP contribution in [0.5, 0.6) is 0 Å². The van der Waals surface area contributed by atoms with E-state index in [-0.39, 0.29) is 11.5 Å². The molecule has 26 heavy (non-hydrogen) atoms. The summed E-state index contributed by atoms with van der Waals surface area (Å²) in [5, 5.41) is 4.63. The van der Waals surface area contributed by atoms with Crippen molar-refractivity contribution in [3.63, 3.8) is 0 Å². The maximum atomic E-state index is 13.0. The topological polar surface area (TPSA) is 84.1 Å². The van der Waals surface area contributed by atoms with Gasteiger partial charge in [-0.15, -0.1) is 0 Å². The highest BCUT2D eigenvalue weighted by Crippen LogP contribution is 2.26. The molecule has 0 radical (unpaired) electrons. The molecule has 3 heterocycles. The first-order valence-electron chi connectivity index (χ1n) is 8.66. The van der Waals surface area contributed by atoms with Crippen molar-refractivity contribution in [3.8, 4) is 0 Å². The number of pyridine rings is 1. The number of furan rings is 1. The smallest absolute Gasteiger partial charge is 0.256 e. The number of aromatic nitrogens is 3. The lowest BCUT2D eigenvalue weighted by molar-refractivity contribution is 0.0714. The Labute approximate surface area is 150 Å². The third kappa shape index (κ3) is 3.08. The molecule has 7 heteroatoms. The van der Waals surface area contributed by atoms with Gasteiger partial charge in [-0.1, -0.05) is 0 Å². The summed E-state index contributed by atoms with van der Waals surface area (Å²) in [6.45, 7) is 0.748. The van der Waals surface area contributed by atoms with Crippen molar-refractivity contribution in [2.24, 2.45) is 7.05 Å². The van der Waals surface area contributed by atoms with E-state index >= 15 is 0 Å². The molecule has 0 saturated heterocycles. The number of amides is 1. The van der Waals surface area contributed by atoms with Crippen molar-refractivity contribution < 1.29 is 9.21 Å². The van der Waals surface area contributed by atoms with Crippen LogP contribution in [0, 0.1) is 0 Å². The van der Waals surface area contributed by atoms with Crippen LogP contribution < -0.4 is 5.56 Å². The molecule has 3 aromatic rings. The summed E-state index contributed by atoms with van der Waals surface area (Å²) in [6, 6.07) is 6.54. The second kappa shape index (κ2) is 6.67. The number of aromatic amines is 1. The highest BCUT2D eigenvalue weighted by molar-refractivity contribution is 5.93. The lowest BCUT2D eigenvalue weighted by atomic mass is 10.1. The van der Waals surface area contributed by atoms with Gasteiger partial charge in [0.2, 0.25) is 5.56 Å². The summed E-state index contributed by atoms with van der Waals surface area (Å²) < 4.78 is 7.35. The molecule has 0 spiro atoms. The van der Waals surface area contributed by atoms with E-state index in [9.17, 15) is 9.59 Å². The first kappa shape index (κ1) is 16.4. The Bertz CT molecular complexity index is 964. The highest BCUT2D eigenvalue weighted by atomic mass is 16.3. The minimum absolute atomic E-state index is 0.171. The lowest BCUT2D eigenvalue weighted by Crippen LogP contribution is -2.31. The van der Waals surface area contributed by atoms with Crippen molar-refractivity contribution >= 4 is 5.91 Å². The number of hydrogen-bond acceptors (Lipinski definition) is 4. The van der Waals surface area contributed by atoms with Crippen LogP contribution >= 0.6 is 0 Å². The van der Waals surface area contributed by atoms with Crippen molar-refractivity contribution in [1.82, 2.24) is 19.7 Å². The predicted molar refractivity (Wildman–Crippen MR) is 94.6 cm³/mol. The molecule has 7 nitrogen and oxygen atoms in total. The molecule has 4 rings (SSSR count). The van der Waals surface area contributed by atoms with Gasteiger partial charge in [0.25, 0.3) is 5.91 Å². The zero-order valence-electron chi connectivity index (χ0n) is 14.6. The van der Waals surface area contributed by atoms with Gasteiger partial charge in [-0.05, 0) is 43.0 Å². The minimum Gasteiger partial charge on any atom is -0.467 e. The Hall–Kier alpha value is -3.09. The quantitative estimate of drug-likeness (QED) is 0.761.